The molecule has 0 spiro atoms. The fourth-order valence-electron chi connectivity index (χ4n) is 0.586. The molecule has 0 fully saturated rings. The maximum Gasteiger partial charge on any atom is 0.157 e. The van der Waals surface area contributed by atoms with Crippen LogP contribution < -0.4 is 5.32 Å². The molecule has 0 aromatic rings. The Hall–Kier alpha value is 0.0700. The van der Waals surface area contributed by atoms with Crippen LogP contribution in [0.5, 0.6) is 0 Å². The van der Waals surface area contributed by atoms with Crippen LogP contribution in [0, 0.1) is 0 Å². The zero-order valence-electron chi connectivity index (χ0n) is 5.76. The van der Waals surface area contributed by atoms with Crippen molar-refractivity contribution >= 4 is 11.1 Å². The van der Waals surface area contributed by atoms with E-state index < -0.39 is 11.1 Å². The van der Waals surface area contributed by atoms with E-state index in [9.17, 15) is 4.21 Å². The Morgan fingerprint density at radius 2 is 2.33 bits per heavy atom. The maximum atomic E-state index is 10.4. The summed E-state index contributed by atoms with van der Waals surface area (Å²) in [6, 6.07) is 0. The quantitative estimate of drug-likeness (QED) is 0.564. The molecule has 3 nitrogen and oxygen atoms in total. The fraction of sp³-hybridized carbons (Fsp3) is 1.00. The SMILES string of the molecule is CCC(CNC)S(=O)O. The number of hydrogen-bond acceptors (Lipinski definition) is 2. The monoisotopic (exact) mass is 151 g/mol. The largest absolute Gasteiger partial charge is 0.318 e. The molecule has 0 saturated heterocycles. The van der Waals surface area contributed by atoms with Crippen LogP contribution in [0.1, 0.15) is 13.3 Å². The molecule has 56 valence electrons. The molecule has 0 rings (SSSR count). The van der Waals surface area contributed by atoms with Gasteiger partial charge in [0, 0.05) is 6.54 Å². The van der Waals surface area contributed by atoms with Crippen molar-refractivity contribution < 1.29 is 8.76 Å². The van der Waals surface area contributed by atoms with Gasteiger partial charge < -0.3 is 9.87 Å². The van der Waals surface area contributed by atoms with Gasteiger partial charge in [-0.3, -0.25) is 0 Å². The van der Waals surface area contributed by atoms with Crippen molar-refractivity contribution in [3.05, 3.63) is 0 Å². The summed E-state index contributed by atoms with van der Waals surface area (Å²) in [7, 11) is 1.77. The topological polar surface area (TPSA) is 49.3 Å². The molecule has 0 aromatic carbocycles. The van der Waals surface area contributed by atoms with Crippen molar-refractivity contribution in [2.45, 2.75) is 18.6 Å². The van der Waals surface area contributed by atoms with Crippen LogP contribution >= 0.6 is 0 Å². The van der Waals surface area contributed by atoms with Gasteiger partial charge in [-0.2, -0.15) is 0 Å². The van der Waals surface area contributed by atoms with Gasteiger partial charge in [-0.15, -0.1) is 0 Å². The van der Waals surface area contributed by atoms with Crippen LogP contribution in [0.3, 0.4) is 0 Å². The molecule has 0 heterocycles. The fourth-order valence-corrected chi connectivity index (χ4v) is 1.18. The Morgan fingerprint density at radius 1 is 1.78 bits per heavy atom. The van der Waals surface area contributed by atoms with Crippen LogP contribution in [-0.2, 0) is 11.1 Å². The minimum Gasteiger partial charge on any atom is -0.318 e. The average Bonchev–Trinajstić information content (AvgIpc) is 1.82. The van der Waals surface area contributed by atoms with E-state index in [2.05, 4.69) is 5.32 Å². The number of nitrogens with one attached hydrogen (secondary N) is 1. The maximum absolute atomic E-state index is 10.4. The summed E-state index contributed by atoms with van der Waals surface area (Å²) in [5.74, 6) is 0. The van der Waals surface area contributed by atoms with Crippen LogP contribution in [-0.4, -0.2) is 27.6 Å². The summed E-state index contributed by atoms with van der Waals surface area (Å²) in [4.78, 5) is 0. The molecule has 0 saturated carbocycles. The van der Waals surface area contributed by atoms with Crippen LogP contribution in [0.25, 0.3) is 0 Å². The van der Waals surface area contributed by atoms with Crippen LogP contribution in [0.4, 0.5) is 0 Å². The summed E-state index contributed by atoms with van der Waals surface area (Å²) in [6.07, 6.45) is 0.740. The van der Waals surface area contributed by atoms with E-state index >= 15 is 0 Å². The van der Waals surface area contributed by atoms with Gasteiger partial charge in [0.05, 0.1) is 5.25 Å². The Morgan fingerprint density at radius 3 is 2.44 bits per heavy atom. The van der Waals surface area contributed by atoms with E-state index in [0.29, 0.717) is 6.54 Å². The van der Waals surface area contributed by atoms with Gasteiger partial charge in [-0.25, -0.2) is 4.21 Å². The molecule has 2 N–H and O–H groups in total. The standard InChI is InChI=1S/C5H13NO2S/c1-3-5(4-6-2)9(7)8/h5-6H,3-4H2,1-2H3,(H,7,8). The second-order valence-electron chi connectivity index (χ2n) is 1.86. The van der Waals surface area contributed by atoms with Gasteiger partial charge in [-0.1, -0.05) is 6.92 Å². The lowest BCUT2D eigenvalue weighted by Gasteiger charge is -2.07. The van der Waals surface area contributed by atoms with E-state index in [-0.39, 0.29) is 5.25 Å². The smallest absolute Gasteiger partial charge is 0.157 e. The van der Waals surface area contributed by atoms with Crippen molar-refractivity contribution in [1.82, 2.24) is 5.32 Å². The molecule has 0 aliphatic heterocycles. The summed E-state index contributed by atoms with van der Waals surface area (Å²) in [6.45, 7) is 2.51. The van der Waals surface area contributed by atoms with E-state index in [1.807, 2.05) is 6.92 Å². The molecule has 0 amide bonds. The third-order valence-corrected chi connectivity index (χ3v) is 2.24. The highest BCUT2D eigenvalue weighted by molar-refractivity contribution is 7.79. The Kier molecular flexibility index (Phi) is 4.94. The molecule has 4 heteroatoms. The molecule has 9 heavy (non-hydrogen) atoms. The Labute approximate surface area is 58.1 Å². The molecule has 2 atom stereocenters. The lowest BCUT2D eigenvalue weighted by molar-refractivity contribution is 0.537. The molecular formula is C5H13NO2S. The minimum absolute atomic E-state index is 0.116. The zero-order chi connectivity index (χ0) is 7.28. The van der Waals surface area contributed by atoms with Gasteiger partial charge in [0.2, 0.25) is 0 Å². The highest BCUT2D eigenvalue weighted by Gasteiger charge is 2.09. The van der Waals surface area contributed by atoms with Crippen molar-refractivity contribution in [3.63, 3.8) is 0 Å². The van der Waals surface area contributed by atoms with Crippen molar-refractivity contribution in [2.24, 2.45) is 0 Å². The molecular weight excluding hydrogens is 138 g/mol. The molecule has 0 bridgehead atoms. The highest BCUT2D eigenvalue weighted by Crippen LogP contribution is 1.96. The Bertz CT molecular complexity index is 97.0. The average molecular weight is 151 g/mol. The summed E-state index contributed by atoms with van der Waals surface area (Å²) < 4.78 is 19.0. The summed E-state index contributed by atoms with van der Waals surface area (Å²) in [5.41, 5.74) is 0. The van der Waals surface area contributed by atoms with Gasteiger partial charge in [0.1, 0.15) is 0 Å². The molecule has 0 aromatic heterocycles. The van der Waals surface area contributed by atoms with Crippen LogP contribution in [0.2, 0.25) is 0 Å². The van der Waals surface area contributed by atoms with Crippen molar-refractivity contribution in [1.29, 1.82) is 0 Å². The lowest BCUT2D eigenvalue weighted by atomic mass is 10.3. The first-order chi connectivity index (χ1) is 4.22. The molecule has 0 radical (unpaired) electrons. The first-order valence-electron chi connectivity index (χ1n) is 2.96. The number of rotatable bonds is 4. The predicted molar refractivity (Wildman–Crippen MR) is 38.8 cm³/mol. The third-order valence-electron chi connectivity index (χ3n) is 1.17. The zero-order valence-corrected chi connectivity index (χ0v) is 6.57. The molecule has 0 aliphatic rings. The van der Waals surface area contributed by atoms with Gasteiger partial charge in [0.25, 0.3) is 0 Å². The van der Waals surface area contributed by atoms with Gasteiger partial charge in [-0.05, 0) is 13.5 Å². The summed E-state index contributed by atoms with van der Waals surface area (Å²) in [5, 5.41) is 2.73. The molecule has 0 aliphatic carbocycles. The predicted octanol–water partition coefficient (Wildman–Crippen LogP) is 0.206. The van der Waals surface area contributed by atoms with E-state index in [0.717, 1.165) is 6.42 Å². The third kappa shape index (κ3) is 3.61. The second kappa shape index (κ2) is 4.90. The van der Waals surface area contributed by atoms with Gasteiger partial charge in [0.15, 0.2) is 11.1 Å². The van der Waals surface area contributed by atoms with E-state index in [4.69, 9.17) is 4.55 Å². The van der Waals surface area contributed by atoms with Gasteiger partial charge >= 0.3 is 0 Å². The van der Waals surface area contributed by atoms with Crippen molar-refractivity contribution in [3.8, 4) is 0 Å². The van der Waals surface area contributed by atoms with E-state index in [1.165, 1.54) is 0 Å². The minimum atomic E-state index is -1.67. The second-order valence-corrected chi connectivity index (χ2v) is 3.08. The molecule has 2 unspecified atom stereocenters. The van der Waals surface area contributed by atoms with Crippen LogP contribution in [0.15, 0.2) is 0 Å². The first-order valence-corrected chi connectivity index (χ1v) is 4.13. The highest BCUT2D eigenvalue weighted by atomic mass is 32.2. The van der Waals surface area contributed by atoms with E-state index in [1.54, 1.807) is 7.05 Å². The first kappa shape index (κ1) is 9.07. The number of hydrogen-bond donors (Lipinski definition) is 2. The normalized spacial score (nSPS) is 17.2. The van der Waals surface area contributed by atoms with Crippen molar-refractivity contribution in [2.75, 3.05) is 13.6 Å². The Balaban J connectivity index is 3.54. The summed E-state index contributed by atoms with van der Waals surface area (Å²) >= 11 is -1.67. The lowest BCUT2D eigenvalue weighted by Crippen LogP contribution is -2.26.